The molecule has 0 spiro atoms. The van der Waals surface area contributed by atoms with E-state index < -0.39 is 16.1 Å². The first-order valence-corrected chi connectivity index (χ1v) is 12.5. The number of nitrogens with one attached hydrogen (secondary N) is 1. The molecule has 7 heteroatoms. The third kappa shape index (κ3) is 5.92. The second-order valence-corrected chi connectivity index (χ2v) is 11.9. The van der Waals surface area contributed by atoms with Gasteiger partial charge in [0, 0.05) is 30.1 Å². The zero-order chi connectivity index (χ0) is 21.9. The Hall–Kier alpha value is -1.25. The molecular formula is C23H31BrN2O3S. The zero-order valence-corrected chi connectivity index (χ0v) is 20.2. The van der Waals surface area contributed by atoms with Gasteiger partial charge < -0.3 is 10.4 Å². The number of hydrogen-bond acceptors (Lipinski definition) is 4. The Morgan fingerprint density at radius 3 is 2.27 bits per heavy atom. The lowest BCUT2D eigenvalue weighted by Gasteiger charge is -2.31. The van der Waals surface area contributed by atoms with Gasteiger partial charge in [0.2, 0.25) is 10.0 Å². The Morgan fingerprint density at radius 2 is 1.70 bits per heavy atom. The van der Waals surface area contributed by atoms with Crippen LogP contribution >= 0.6 is 15.9 Å². The summed E-state index contributed by atoms with van der Waals surface area (Å²) >= 11 is 3.31. The van der Waals surface area contributed by atoms with E-state index in [1.54, 1.807) is 24.3 Å². The van der Waals surface area contributed by atoms with Crippen LogP contribution in [0.4, 0.5) is 0 Å². The molecule has 0 amide bonds. The van der Waals surface area contributed by atoms with Gasteiger partial charge in [-0.1, -0.05) is 40.2 Å². The van der Waals surface area contributed by atoms with Crippen molar-refractivity contribution in [2.75, 3.05) is 20.1 Å². The highest BCUT2D eigenvalue weighted by Gasteiger charge is 2.29. The number of fused-ring (bicyclic) bond motifs is 1. The van der Waals surface area contributed by atoms with Gasteiger partial charge in [0.05, 0.1) is 11.0 Å². The number of halogens is 1. The summed E-state index contributed by atoms with van der Waals surface area (Å²) in [6, 6.07) is 15.1. The number of aliphatic hydroxyl groups excluding tert-OH is 1. The highest BCUT2D eigenvalue weighted by atomic mass is 79.9. The van der Waals surface area contributed by atoms with Crippen molar-refractivity contribution in [2.24, 2.45) is 5.92 Å². The monoisotopic (exact) mass is 494 g/mol. The van der Waals surface area contributed by atoms with Crippen molar-refractivity contribution < 1.29 is 13.5 Å². The van der Waals surface area contributed by atoms with Crippen LogP contribution in [0, 0.1) is 5.92 Å². The highest BCUT2D eigenvalue weighted by Crippen LogP contribution is 2.31. The molecule has 0 fully saturated rings. The van der Waals surface area contributed by atoms with Gasteiger partial charge >= 0.3 is 0 Å². The van der Waals surface area contributed by atoms with Crippen molar-refractivity contribution in [2.45, 2.75) is 49.6 Å². The summed E-state index contributed by atoms with van der Waals surface area (Å²) in [4.78, 5) is 0.217. The summed E-state index contributed by atoms with van der Waals surface area (Å²) in [5, 5.41) is 13.9. The van der Waals surface area contributed by atoms with E-state index in [9.17, 15) is 13.5 Å². The first-order valence-electron chi connectivity index (χ1n) is 10.3. The molecule has 2 N–H and O–H groups in total. The van der Waals surface area contributed by atoms with Crippen LogP contribution in [0.2, 0.25) is 0 Å². The van der Waals surface area contributed by atoms with Crippen LogP contribution in [0.15, 0.2) is 57.9 Å². The molecule has 1 unspecified atom stereocenters. The zero-order valence-electron chi connectivity index (χ0n) is 17.8. The Bertz CT molecular complexity index is 936. The maximum Gasteiger partial charge on any atom is 0.242 e. The molecule has 1 atom stereocenters. The van der Waals surface area contributed by atoms with E-state index in [1.165, 1.54) is 22.5 Å². The minimum atomic E-state index is -3.63. The van der Waals surface area contributed by atoms with Crippen molar-refractivity contribution in [1.82, 2.24) is 9.62 Å². The van der Waals surface area contributed by atoms with Crippen LogP contribution in [0.5, 0.6) is 0 Å². The topological polar surface area (TPSA) is 69.6 Å². The van der Waals surface area contributed by atoms with Crippen molar-refractivity contribution in [3.63, 3.8) is 0 Å². The lowest BCUT2D eigenvalue weighted by molar-refractivity contribution is 0.135. The van der Waals surface area contributed by atoms with E-state index >= 15 is 0 Å². The fourth-order valence-corrected chi connectivity index (χ4v) is 5.70. The van der Waals surface area contributed by atoms with Crippen LogP contribution in [-0.4, -0.2) is 49.6 Å². The van der Waals surface area contributed by atoms with E-state index in [0.717, 1.165) is 23.7 Å². The molecule has 0 heterocycles. The number of sulfonamides is 1. The summed E-state index contributed by atoms with van der Waals surface area (Å²) in [7, 11) is -2.13. The molecule has 2 aromatic carbocycles. The van der Waals surface area contributed by atoms with Crippen molar-refractivity contribution in [1.29, 1.82) is 0 Å². The number of β-amino-alcohol motifs (C(OH)–C–C–N with tert-alkyl or cyclic N) is 1. The molecule has 0 radical (unpaired) electrons. The smallest absolute Gasteiger partial charge is 0.242 e. The quantitative estimate of drug-likeness (QED) is 0.558. The Kier molecular flexibility index (Phi) is 7.40. The van der Waals surface area contributed by atoms with E-state index in [4.69, 9.17) is 0 Å². The lowest BCUT2D eigenvalue weighted by atomic mass is 9.88. The van der Waals surface area contributed by atoms with Crippen LogP contribution in [0.1, 0.15) is 31.4 Å². The van der Waals surface area contributed by atoms with Crippen molar-refractivity contribution in [3.8, 4) is 0 Å². The maximum absolute atomic E-state index is 12.7. The maximum atomic E-state index is 12.7. The number of rotatable bonds is 9. The normalized spacial score (nSPS) is 16.1. The van der Waals surface area contributed by atoms with Gasteiger partial charge in [-0.15, -0.1) is 0 Å². The van der Waals surface area contributed by atoms with Gasteiger partial charge in [0.1, 0.15) is 0 Å². The second-order valence-electron chi connectivity index (χ2n) is 8.91. The van der Waals surface area contributed by atoms with Crippen molar-refractivity contribution >= 4 is 26.0 Å². The average molecular weight is 495 g/mol. The molecule has 0 aromatic heterocycles. The van der Waals surface area contributed by atoms with E-state index in [2.05, 4.69) is 59.4 Å². The Balaban J connectivity index is 1.49. The molecule has 0 bridgehead atoms. The molecule has 0 saturated carbocycles. The molecule has 2 aromatic rings. The summed E-state index contributed by atoms with van der Waals surface area (Å²) < 4.78 is 27.4. The van der Waals surface area contributed by atoms with Gasteiger partial charge in [-0.25, -0.2) is 8.42 Å². The van der Waals surface area contributed by atoms with E-state index in [-0.39, 0.29) is 17.0 Å². The Morgan fingerprint density at radius 1 is 1.13 bits per heavy atom. The predicted molar refractivity (Wildman–Crippen MR) is 124 cm³/mol. The van der Waals surface area contributed by atoms with Crippen LogP contribution in [0.25, 0.3) is 0 Å². The van der Waals surface area contributed by atoms with Gasteiger partial charge in [0.15, 0.2) is 0 Å². The minimum absolute atomic E-state index is 0.0380. The largest absolute Gasteiger partial charge is 0.390 e. The molecule has 0 aliphatic heterocycles. The number of benzene rings is 2. The molecular weight excluding hydrogens is 464 g/mol. The summed E-state index contributed by atoms with van der Waals surface area (Å²) in [5.74, 6) is 0.586. The van der Waals surface area contributed by atoms with Gasteiger partial charge in [-0.3, -0.25) is 0 Å². The standard InChI is InChI=1S/C23H31BrN2O3S/c1-23(2,14-17-12-18-6-4-5-7-19(18)13-17)25-15-21(27)16-26(3)30(28,29)22-10-8-20(24)9-11-22/h4-11,17,21,25,27H,12-16H2,1-3H3. The first kappa shape index (κ1) is 23.4. The van der Waals surface area contributed by atoms with Gasteiger partial charge in [-0.2, -0.15) is 4.31 Å². The first-order chi connectivity index (χ1) is 14.1. The van der Waals surface area contributed by atoms with Crippen LogP contribution < -0.4 is 5.32 Å². The summed E-state index contributed by atoms with van der Waals surface area (Å²) in [6.07, 6.45) is 2.40. The van der Waals surface area contributed by atoms with Gasteiger partial charge in [-0.05, 0) is 74.4 Å². The number of aliphatic hydroxyl groups is 1. The fraction of sp³-hybridized carbons (Fsp3) is 0.478. The van der Waals surface area contributed by atoms with Gasteiger partial charge in [0.25, 0.3) is 0 Å². The van der Waals surface area contributed by atoms with Crippen LogP contribution in [-0.2, 0) is 22.9 Å². The summed E-state index contributed by atoms with van der Waals surface area (Å²) in [6.45, 7) is 4.67. The van der Waals surface area contributed by atoms with E-state index in [0.29, 0.717) is 12.5 Å². The highest BCUT2D eigenvalue weighted by molar-refractivity contribution is 9.10. The number of likely N-dealkylation sites (N-methyl/N-ethyl adjacent to an activating group) is 1. The van der Waals surface area contributed by atoms with Crippen molar-refractivity contribution in [3.05, 3.63) is 64.1 Å². The minimum Gasteiger partial charge on any atom is -0.390 e. The molecule has 164 valence electrons. The molecule has 1 aliphatic rings. The predicted octanol–water partition coefficient (Wildman–Crippen LogP) is 3.60. The molecule has 1 aliphatic carbocycles. The molecule has 30 heavy (non-hydrogen) atoms. The van der Waals surface area contributed by atoms with E-state index in [1.807, 2.05) is 0 Å². The van der Waals surface area contributed by atoms with Crippen LogP contribution in [0.3, 0.4) is 0 Å². The third-order valence-electron chi connectivity index (χ3n) is 5.74. The SMILES string of the molecule is CN(CC(O)CNC(C)(C)CC1Cc2ccccc2C1)S(=O)(=O)c1ccc(Br)cc1. The second kappa shape index (κ2) is 9.49. The Labute approximate surface area is 188 Å². The fourth-order valence-electron chi connectivity index (χ4n) is 4.23. The molecule has 3 rings (SSSR count). The summed E-state index contributed by atoms with van der Waals surface area (Å²) in [5.41, 5.74) is 2.74. The average Bonchev–Trinajstić information content (AvgIpc) is 3.08. The number of hydrogen-bond donors (Lipinski definition) is 2. The molecule has 5 nitrogen and oxygen atoms in total. The lowest BCUT2D eigenvalue weighted by Crippen LogP contribution is -2.47. The molecule has 0 saturated heterocycles. The number of nitrogens with zero attached hydrogens (tertiary/aromatic N) is 1. The third-order valence-corrected chi connectivity index (χ3v) is 8.11.